The summed E-state index contributed by atoms with van der Waals surface area (Å²) in [6, 6.07) is 0. The van der Waals surface area contributed by atoms with E-state index in [9.17, 15) is 30.0 Å². The Morgan fingerprint density at radius 3 is 2.32 bits per heavy atom. The number of rotatable bonds is 10. The normalized spacial score (nSPS) is 30.1. The van der Waals surface area contributed by atoms with Gasteiger partial charge in [-0.2, -0.15) is 0 Å². The smallest absolute Gasteiger partial charge is 0.312 e. The second-order valence-electron chi connectivity index (χ2n) is 7.92. The Balaban J connectivity index is 2.51. The Kier molecular flexibility index (Phi) is 9.19. The molecule has 1 heterocycles. The van der Waals surface area contributed by atoms with Gasteiger partial charge in [-0.05, 0) is 34.1 Å². The van der Waals surface area contributed by atoms with Crippen LogP contribution in [0.25, 0.3) is 0 Å². The van der Waals surface area contributed by atoms with Crippen LogP contribution in [0.5, 0.6) is 0 Å². The second kappa shape index (κ2) is 10.4. The molecule has 0 bridgehead atoms. The number of allylic oxidation sites excluding steroid dienone is 1. The second-order valence-corrected chi connectivity index (χ2v) is 7.92. The van der Waals surface area contributed by atoms with E-state index in [1.165, 1.54) is 0 Å². The first-order valence-corrected chi connectivity index (χ1v) is 9.28. The fourth-order valence-electron chi connectivity index (χ4n) is 2.97. The first kappa shape index (κ1) is 24.7. The molecule has 0 aromatic carbocycles. The van der Waals surface area contributed by atoms with E-state index in [1.54, 1.807) is 33.8 Å². The van der Waals surface area contributed by atoms with E-state index in [4.69, 9.17) is 14.6 Å². The SMILES string of the molecule is C/C(=C/C(C)(C)C(=O)O)CC(=O)CCC(C)O[C@@H]1O[C@H](CO)[C@@H](O)[C@H](O)[C@H]1O. The van der Waals surface area contributed by atoms with Gasteiger partial charge in [0.2, 0.25) is 0 Å². The molecule has 9 heteroatoms. The highest BCUT2D eigenvalue weighted by atomic mass is 16.7. The molecule has 1 aliphatic heterocycles. The van der Waals surface area contributed by atoms with E-state index in [2.05, 4.69) is 0 Å². The summed E-state index contributed by atoms with van der Waals surface area (Å²) in [4.78, 5) is 23.3. The number of ketones is 1. The van der Waals surface area contributed by atoms with Crippen molar-refractivity contribution in [3.8, 4) is 0 Å². The molecular weight excluding hydrogens is 372 g/mol. The molecule has 0 aromatic rings. The van der Waals surface area contributed by atoms with Gasteiger partial charge in [-0.25, -0.2) is 0 Å². The Bertz CT molecular complexity index is 570. The molecule has 1 unspecified atom stereocenters. The molecule has 28 heavy (non-hydrogen) atoms. The molecule has 0 radical (unpaired) electrons. The molecule has 0 aliphatic carbocycles. The van der Waals surface area contributed by atoms with Gasteiger partial charge in [0, 0.05) is 12.8 Å². The van der Waals surface area contributed by atoms with Crippen molar-refractivity contribution in [1.29, 1.82) is 0 Å². The van der Waals surface area contributed by atoms with Crippen molar-refractivity contribution in [3.63, 3.8) is 0 Å². The number of aliphatic carboxylic acids is 1. The lowest BCUT2D eigenvalue weighted by atomic mass is 9.90. The summed E-state index contributed by atoms with van der Waals surface area (Å²) in [5.41, 5.74) is -0.385. The predicted octanol–water partition coefficient (Wildman–Crippen LogP) is -0.0121. The van der Waals surface area contributed by atoms with E-state index < -0.39 is 54.8 Å². The van der Waals surface area contributed by atoms with Crippen molar-refractivity contribution in [2.45, 2.75) is 83.8 Å². The van der Waals surface area contributed by atoms with Crippen LogP contribution in [0.2, 0.25) is 0 Å². The van der Waals surface area contributed by atoms with Crippen molar-refractivity contribution in [1.82, 2.24) is 0 Å². The molecule has 1 rings (SSSR count). The number of carboxylic acids is 1. The van der Waals surface area contributed by atoms with Gasteiger partial charge in [0.1, 0.15) is 30.2 Å². The molecule has 0 saturated carbocycles. The number of carbonyl (C=O) groups excluding carboxylic acids is 1. The summed E-state index contributed by atoms with van der Waals surface area (Å²) < 4.78 is 10.8. The Morgan fingerprint density at radius 2 is 1.79 bits per heavy atom. The average molecular weight is 404 g/mol. The number of ether oxygens (including phenoxy) is 2. The molecule has 1 saturated heterocycles. The summed E-state index contributed by atoms with van der Waals surface area (Å²) in [7, 11) is 0. The lowest BCUT2D eigenvalue weighted by Crippen LogP contribution is -2.59. The molecule has 0 amide bonds. The summed E-state index contributed by atoms with van der Waals surface area (Å²) in [6.07, 6.45) is -5.06. The fraction of sp³-hybridized carbons (Fsp3) is 0.789. The van der Waals surface area contributed by atoms with Crippen molar-refractivity contribution in [2.75, 3.05) is 6.61 Å². The molecule has 1 fully saturated rings. The largest absolute Gasteiger partial charge is 0.481 e. The third kappa shape index (κ3) is 6.91. The molecular formula is C19H32O9. The lowest BCUT2D eigenvalue weighted by Gasteiger charge is -2.40. The number of Topliss-reactive ketones (excluding diaryl/α,β-unsaturated/α-hetero) is 1. The van der Waals surface area contributed by atoms with Crippen LogP contribution in [-0.2, 0) is 19.1 Å². The highest BCUT2D eigenvalue weighted by molar-refractivity contribution is 5.81. The van der Waals surface area contributed by atoms with Gasteiger partial charge < -0.3 is 35.0 Å². The number of hydrogen-bond donors (Lipinski definition) is 5. The van der Waals surface area contributed by atoms with Gasteiger partial charge in [0.05, 0.1) is 18.1 Å². The summed E-state index contributed by atoms with van der Waals surface area (Å²) >= 11 is 0. The molecule has 0 aromatic heterocycles. The van der Waals surface area contributed by atoms with Crippen molar-refractivity contribution < 1.29 is 44.6 Å². The quantitative estimate of drug-likeness (QED) is 0.316. The summed E-state index contributed by atoms with van der Waals surface area (Å²) in [5.74, 6) is -1.06. The minimum atomic E-state index is -1.52. The third-order valence-electron chi connectivity index (χ3n) is 4.68. The number of aliphatic hydroxyl groups excluding tert-OH is 4. The molecule has 5 N–H and O–H groups in total. The number of carboxylic acid groups (broad SMARTS) is 1. The first-order chi connectivity index (χ1) is 12.9. The molecule has 6 atom stereocenters. The van der Waals surface area contributed by atoms with Gasteiger partial charge >= 0.3 is 5.97 Å². The molecule has 162 valence electrons. The van der Waals surface area contributed by atoms with Gasteiger partial charge in [-0.1, -0.05) is 11.6 Å². The summed E-state index contributed by atoms with van der Waals surface area (Å²) in [6.45, 7) is 5.94. The maximum Gasteiger partial charge on any atom is 0.312 e. The monoisotopic (exact) mass is 404 g/mol. The Morgan fingerprint density at radius 1 is 1.18 bits per heavy atom. The van der Waals surface area contributed by atoms with Crippen LogP contribution < -0.4 is 0 Å². The van der Waals surface area contributed by atoms with Crippen LogP contribution in [0, 0.1) is 5.41 Å². The Labute approximate surface area is 164 Å². The van der Waals surface area contributed by atoms with Crippen molar-refractivity contribution in [3.05, 3.63) is 11.6 Å². The van der Waals surface area contributed by atoms with Crippen molar-refractivity contribution in [2.24, 2.45) is 5.41 Å². The number of hydrogen-bond acceptors (Lipinski definition) is 8. The van der Waals surface area contributed by atoms with E-state index in [1.807, 2.05) is 0 Å². The van der Waals surface area contributed by atoms with E-state index >= 15 is 0 Å². The van der Waals surface area contributed by atoms with Crippen LogP contribution in [0.1, 0.15) is 47.0 Å². The van der Waals surface area contributed by atoms with E-state index in [0.717, 1.165) is 0 Å². The lowest BCUT2D eigenvalue weighted by molar-refractivity contribution is -0.310. The van der Waals surface area contributed by atoms with Crippen LogP contribution >= 0.6 is 0 Å². The maximum absolute atomic E-state index is 12.1. The number of carbonyl (C=O) groups is 2. The predicted molar refractivity (Wildman–Crippen MR) is 98.3 cm³/mol. The highest BCUT2D eigenvalue weighted by Crippen LogP contribution is 2.24. The molecule has 9 nitrogen and oxygen atoms in total. The average Bonchev–Trinajstić information content (AvgIpc) is 2.59. The van der Waals surface area contributed by atoms with E-state index in [-0.39, 0.29) is 18.6 Å². The summed E-state index contributed by atoms with van der Waals surface area (Å²) in [5, 5.41) is 47.8. The maximum atomic E-state index is 12.1. The topological polar surface area (TPSA) is 154 Å². The third-order valence-corrected chi connectivity index (χ3v) is 4.68. The Hall–Kier alpha value is -1.36. The van der Waals surface area contributed by atoms with Gasteiger partial charge in [-0.15, -0.1) is 0 Å². The van der Waals surface area contributed by atoms with Crippen LogP contribution in [0.3, 0.4) is 0 Å². The van der Waals surface area contributed by atoms with Crippen molar-refractivity contribution >= 4 is 11.8 Å². The van der Waals surface area contributed by atoms with Crippen LogP contribution in [0.4, 0.5) is 0 Å². The minimum absolute atomic E-state index is 0.0841. The zero-order chi connectivity index (χ0) is 21.6. The van der Waals surface area contributed by atoms with Gasteiger partial charge in [0.15, 0.2) is 6.29 Å². The van der Waals surface area contributed by atoms with Gasteiger partial charge in [0.25, 0.3) is 0 Å². The standard InChI is InChI=1S/C19H32O9/c1-10(8-19(3,4)18(25)26)7-12(21)6-5-11(2)27-17-16(24)15(23)14(22)13(9-20)28-17/h8,11,13-17,20,22-24H,5-7,9H2,1-4H3,(H,25,26)/b10-8-/t11?,13-,14-,15+,16-,17-/m1/s1. The number of aliphatic hydroxyl groups is 4. The zero-order valence-electron chi connectivity index (χ0n) is 16.7. The minimum Gasteiger partial charge on any atom is -0.481 e. The zero-order valence-corrected chi connectivity index (χ0v) is 16.7. The van der Waals surface area contributed by atoms with Crippen LogP contribution in [0.15, 0.2) is 11.6 Å². The van der Waals surface area contributed by atoms with Gasteiger partial charge in [-0.3, -0.25) is 9.59 Å². The molecule has 0 spiro atoms. The van der Waals surface area contributed by atoms with E-state index in [0.29, 0.717) is 12.0 Å². The van der Waals surface area contributed by atoms with Crippen LogP contribution in [-0.4, -0.2) is 80.7 Å². The first-order valence-electron chi connectivity index (χ1n) is 9.28. The fourth-order valence-corrected chi connectivity index (χ4v) is 2.97. The highest BCUT2D eigenvalue weighted by Gasteiger charge is 2.44. The molecule has 1 aliphatic rings.